The van der Waals surface area contributed by atoms with Crippen molar-refractivity contribution in [2.24, 2.45) is 5.73 Å². The lowest BCUT2D eigenvalue weighted by Crippen LogP contribution is -2.49. The SMILES string of the molecule is CCCCCCCC(=O)N[C@H](CC(N)=O)C(=O)NC[C@@H](C)c1ccc(O)cc1. The zero-order valence-corrected chi connectivity index (χ0v) is 16.9. The molecule has 0 unspecified atom stereocenters. The Kier molecular flexibility index (Phi) is 10.7. The molecule has 0 bridgehead atoms. The number of rotatable bonds is 13. The lowest BCUT2D eigenvalue weighted by Gasteiger charge is -2.19. The molecule has 28 heavy (non-hydrogen) atoms. The van der Waals surface area contributed by atoms with E-state index >= 15 is 0 Å². The van der Waals surface area contributed by atoms with E-state index in [1.165, 1.54) is 0 Å². The number of phenols is 1. The molecule has 0 aromatic heterocycles. The standard InChI is InChI=1S/C21H33N3O4/c1-3-4-5-6-7-8-20(27)24-18(13-19(22)26)21(28)23-14-15(2)16-9-11-17(25)12-10-16/h9-12,15,18,25H,3-8,13-14H2,1-2H3,(H2,22,26)(H,23,28)(H,24,27)/t15-,18-/m1/s1. The van der Waals surface area contributed by atoms with Gasteiger partial charge in [0.1, 0.15) is 11.8 Å². The van der Waals surface area contributed by atoms with Crippen molar-refractivity contribution in [2.45, 2.75) is 70.8 Å². The zero-order chi connectivity index (χ0) is 20.9. The van der Waals surface area contributed by atoms with Crippen LogP contribution in [0.2, 0.25) is 0 Å². The Morgan fingerprint density at radius 2 is 1.71 bits per heavy atom. The van der Waals surface area contributed by atoms with Crippen LogP contribution in [0, 0.1) is 0 Å². The Morgan fingerprint density at radius 1 is 1.07 bits per heavy atom. The van der Waals surface area contributed by atoms with E-state index in [0.29, 0.717) is 13.0 Å². The fraction of sp³-hybridized carbons (Fsp3) is 0.571. The van der Waals surface area contributed by atoms with Crippen LogP contribution in [0.5, 0.6) is 5.75 Å². The first-order valence-corrected chi connectivity index (χ1v) is 9.97. The maximum absolute atomic E-state index is 12.4. The Morgan fingerprint density at radius 3 is 2.32 bits per heavy atom. The smallest absolute Gasteiger partial charge is 0.243 e. The summed E-state index contributed by atoms with van der Waals surface area (Å²) in [6.07, 6.45) is 5.19. The minimum absolute atomic E-state index is 0.00745. The highest BCUT2D eigenvalue weighted by Gasteiger charge is 2.23. The molecule has 156 valence electrons. The molecule has 3 amide bonds. The number of unbranched alkanes of at least 4 members (excludes halogenated alkanes) is 4. The van der Waals surface area contributed by atoms with E-state index in [4.69, 9.17) is 5.73 Å². The summed E-state index contributed by atoms with van der Waals surface area (Å²) >= 11 is 0. The molecule has 0 heterocycles. The van der Waals surface area contributed by atoms with E-state index in [0.717, 1.165) is 37.7 Å². The Labute approximate surface area is 167 Å². The number of nitrogens with one attached hydrogen (secondary N) is 2. The van der Waals surface area contributed by atoms with Gasteiger partial charge in [-0.3, -0.25) is 14.4 Å². The predicted octanol–water partition coefficient (Wildman–Crippen LogP) is 2.33. The van der Waals surface area contributed by atoms with Gasteiger partial charge in [-0.1, -0.05) is 51.7 Å². The first kappa shape index (κ1) is 23.5. The molecule has 5 N–H and O–H groups in total. The molecule has 1 aromatic rings. The van der Waals surface area contributed by atoms with Gasteiger partial charge in [0.2, 0.25) is 17.7 Å². The van der Waals surface area contributed by atoms with Crippen molar-refractivity contribution in [1.29, 1.82) is 0 Å². The molecule has 1 rings (SSSR count). The van der Waals surface area contributed by atoms with Crippen LogP contribution in [0.1, 0.15) is 70.3 Å². The summed E-state index contributed by atoms with van der Waals surface area (Å²) in [4.78, 5) is 35.8. The molecule has 0 aliphatic rings. The van der Waals surface area contributed by atoms with Crippen LogP contribution >= 0.6 is 0 Å². The van der Waals surface area contributed by atoms with Crippen molar-refractivity contribution in [3.05, 3.63) is 29.8 Å². The third kappa shape index (κ3) is 9.39. The topological polar surface area (TPSA) is 122 Å². The van der Waals surface area contributed by atoms with E-state index in [2.05, 4.69) is 17.6 Å². The average molecular weight is 392 g/mol. The number of primary amides is 1. The number of benzene rings is 1. The number of carbonyl (C=O) groups is 3. The van der Waals surface area contributed by atoms with Gasteiger partial charge in [-0.2, -0.15) is 0 Å². The largest absolute Gasteiger partial charge is 0.508 e. The van der Waals surface area contributed by atoms with Gasteiger partial charge in [0.05, 0.1) is 6.42 Å². The monoisotopic (exact) mass is 391 g/mol. The van der Waals surface area contributed by atoms with Crippen LogP contribution in [-0.2, 0) is 14.4 Å². The number of hydrogen-bond donors (Lipinski definition) is 4. The molecule has 1 aromatic carbocycles. The van der Waals surface area contributed by atoms with E-state index < -0.39 is 17.9 Å². The van der Waals surface area contributed by atoms with Crippen LogP contribution < -0.4 is 16.4 Å². The molecule has 0 aliphatic heterocycles. The Bertz CT molecular complexity index is 631. The van der Waals surface area contributed by atoms with Gasteiger partial charge in [-0.05, 0) is 30.0 Å². The molecular formula is C21H33N3O4. The molecular weight excluding hydrogens is 358 g/mol. The quantitative estimate of drug-likeness (QED) is 0.386. The minimum Gasteiger partial charge on any atom is -0.508 e. The summed E-state index contributed by atoms with van der Waals surface area (Å²) in [6.45, 7) is 4.40. The highest BCUT2D eigenvalue weighted by Crippen LogP contribution is 2.17. The van der Waals surface area contributed by atoms with Gasteiger partial charge in [0, 0.05) is 13.0 Å². The third-order valence-electron chi connectivity index (χ3n) is 4.61. The summed E-state index contributed by atoms with van der Waals surface area (Å²) in [5.41, 5.74) is 6.19. The van der Waals surface area contributed by atoms with Crippen molar-refractivity contribution in [3.63, 3.8) is 0 Å². The van der Waals surface area contributed by atoms with Gasteiger partial charge >= 0.3 is 0 Å². The second-order valence-electron chi connectivity index (χ2n) is 7.19. The van der Waals surface area contributed by atoms with Gasteiger partial charge in [0.25, 0.3) is 0 Å². The summed E-state index contributed by atoms with van der Waals surface area (Å²) < 4.78 is 0. The molecule has 0 fully saturated rings. The lowest BCUT2D eigenvalue weighted by molar-refractivity contribution is -0.131. The maximum Gasteiger partial charge on any atom is 0.243 e. The molecule has 7 nitrogen and oxygen atoms in total. The minimum atomic E-state index is -0.965. The fourth-order valence-corrected chi connectivity index (χ4v) is 2.86. The second-order valence-corrected chi connectivity index (χ2v) is 7.19. The summed E-state index contributed by atoms with van der Waals surface area (Å²) in [6, 6.07) is 5.78. The normalized spacial score (nSPS) is 12.8. The average Bonchev–Trinajstić information content (AvgIpc) is 2.65. The highest BCUT2D eigenvalue weighted by atomic mass is 16.3. The number of amides is 3. The zero-order valence-electron chi connectivity index (χ0n) is 16.9. The van der Waals surface area contributed by atoms with Gasteiger partial charge in [-0.15, -0.1) is 0 Å². The van der Waals surface area contributed by atoms with Gasteiger partial charge < -0.3 is 21.5 Å². The first-order valence-electron chi connectivity index (χ1n) is 9.97. The van der Waals surface area contributed by atoms with Crippen molar-refractivity contribution in [2.75, 3.05) is 6.54 Å². The fourth-order valence-electron chi connectivity index (χ4n) is 2.86. The van der Waals surface area contributed by atoms with E-state index in [1.54, 1.807) is 24.3 Å². The summed E-state index contributed by atoms with van der Waals surface area (Å²) in [5.74, 6) is -1.13. The van der Waals surface area contributed by atoms with Crippen molar-refractivity contribution < 1.29 is 19.5 Å². The lowest BCUT2D eigenvalue weighted by atomic mass is 10.0. The Hall–Kier alpha value is -2.57. The Balaban J connectivity index is 2.50. The number of hydrogen-bond acceptors (Lipinski definition) is 4. The van der Waals surface area contributed by atoms with E-state index in [-0.39, 0.29) is 24.0 Å². The molecule has 2 atom stereocenters. The first-order chi connectivity index (χ1) is 13.3. The third-order valence-corrected chi connectivity index (χ3v) is 4.61. The summed E-state index contributed by atoms with van der Waals surface area (Å²) in [7, 11) is 0. The van der Waals surface area contributed by atoms with Crippen molar-refractivity contribution >= 4 is 17.7 Å². The van der Waals surface area contributed by atoms with Gasteiger partial charge in [-0.25, -0.2) is 0 Å². The second kappa shape index (κ2) is 12.8. The summed E-state index contributed by atoms with van der Waals surface area (Å²) in [5, 5.41) is 14.7. The van der Waals surface area contributed by atoms with E-state index in [9.17, 15) is 19.5 Å². The van der Waals surface area contributed by atoms with Crippen LogP contribution in [-0.4, -0.2) is 35.4 Å². The van der Waals surface area contributed by atoms with Crippen LogP contribution in [0.4, 0.5) is 0 Å². The molecule has 0 radical (unpaired) electrons. The molecule has 0 aliphatic carbocycles. The number of carbonyl (C=O) groups excluding carboxylic acids is 3. The van der Waals surface area contributed by atoms with Crippen molar-refractivity contribution in [1.82, 2.24) is 10.6 Å². The maximum atomic E-state index is 12.4. The molecule has 0 saturated carbocycles. The molecule has 7 heteroatoms. The van der Waals surface area contributed by atoms with Crippen LogP contribution in [0.15, 0.2) is 24.3 Å². The van der Waals surface area contributed by atoms with E-state index in [1.807, 2.05) is 6.92 Å². The molecule has 0 spiro atoms. The van der Waals surface area contributed by atoms with Crippen molar-refractivity contribution in [3.8, 4) is 5.75 Å². The number of nitrogens with two attached hydrogens (primary N) is 1. The number of phenolic OH excluding ortho intramolecular Hbond substituents is 1. The highest BCUT2D eigenvalue weighted by molar-refractivity contribution is 5.91. The van der Waals surface area contributed by atoms with Crippen LogP contribution in [0.25, 0.3) is 0 Å². The predicted molar refractivity (Wildman–Crippen MR) is 109 cm³/mol. The van der Waals surface area contributed by atoms with Crippen LogP contribution in [0.3, 0.4) is 0 Å². The number of aromatic hydroxyl groups is 1. The van der Waals surface area contributed by atoms with Gasteiger partial charge in [0.15, 0.2) is 0 Å². The molecule has 0 saturated heterocycles.